The highest BCUT2D eigenvalue weighted by molar-refractivity contribution is 9.10. The number of carbonyl (C=O) groups excluding carboxylic acids is 1. The van der Waals surface area contributed by atoms with Crippen LogP contribution >= 0.6 is 27.7 Å². The molecule has 1 N–H and O–H groups in total. The molecule has 0 bridgehead atoms. The fourth-order valence-electron chi connectivity index (χ4n) is 2.03. The lowest BCUT2D eigenvalue weighted by Gasteiger charge is -2.16. The molecule has 1 unspecified atom stereocenters. The number of benzene rings is 1. The lowest BCUT2D eigenvalue weighted by Crippen LogP contribution is -2.23. The summed E-state index contributed by atoms with van der Waals surface area (Å²) in [5.41, 5.74) is 2.03. The highest BCUT2D eigenvalue weighted by atomic mass is 79.9. The molecule has 0 aliphatic rings. The van der Waals surface area contributed by atoms with Gasteiger partial charge < -0.3 is 5.32 Å². The van der Waals surface area contributed by atoms with Gasteiger partial charge in [0.1, 0.15) is 5.03 Å². The van der Waals surface area contributed by atoms with Crippen LogP contribution < -0.4 is 5.32 Å². The first-order valence-corrected chi connectivity index (χ1v) is 8.83. The van der Waals surface area contributed by atoms with E-state index in [0.29, 0.717) is 5.92 Å². The van der Waals surface area contributed by atoms with Crippen molar-refractivity contribution < 1.29 is 4.79 Å². The monoisotopic (exact) mass is 378 g/mol. The van der Waals surface area contributed by atoms with Crippen molar-refractivity contribution in [2.75, 3.05) is 5.32 Å². The molecule has 0 aliphatic carbocycles. The van der Waals surface area contributed by atoms with Gasteiger partial charge in [-0.2, -0.15) is 0 Å². The lowest BCUT2D eigenvalue weighted by molar-refractivity contribution is -0.115. The molecule has 3 nitrogen and oxygen atoms in total. The number of carbonyl (C=O) groups is 1. The fourth-order valence-corrected chi connectivity index (χ4v) is 3.37. The Morgan fingerprint density at radius 3 is 2.59 bits per heavy atom. The summed E-state index contributed by atoms with van der Waals surface area (Å²) in [5.74, 6) is 0.347. The van der Waals surface area contributed by atoms with Crippen LogP contribution in [0.2, 0.25) is 0 Å². The highest BCUT2D eigenvalue weighted by Gasteiger charge is 2.18. The normalized spacial score (nSPS) is 12.2. The van der Waals surface area contributed by atoms with Gasteiger partial charge in [-0.1, -0.05) is 43.8 Å². The molecule has 1 aromatic heterocycles. The first kappa shape index (κ1) is 17.0. The number of thioether (sulfide) groups is 1. The van der Waals surface area contributed by atoms with Crippen LogP contribution in [0.4, 0.5) is 5.69 Å². The zero-order valence-electron chi connectivity index (χ0n) is 12.8. The van der Waals surface area contributed by atoms with E-state index in [2.05, 4.69) is 40.1 Å². The minimum atomic E-state index is -0.230. The van der Waals surface area contributed by atoms with Crippen molar-refractivity contribution in [1.29, 1.82) is 0 Å². The predicted molar refractivity (Wildman–Crippen MR) is 96.4 cm³/mol. The number of hydrogen-bond donors (Lipinski definition) is 1. The third-order valence-corrected chi connectivity index (χ3v) is 5.24. The molecular formula is C17H19BrN2OS. The van der Waals surface area contributed by atoms with Crippen LogP contribution in [0, 0.1) is 0 Å². The van der Waals surface area contributed by atoms with Crippen molar-refractivity contribution in [1.82, 2.24) is 4.98 Å². The molecule has 1 atom stereocenters. The second kappa shape index (κ2) is 7.79. The maximum absolute atomic E-state index is 12.4. The van der Waals surface area contributed by atoms with Gasteiger partial charge in [0.2, 0.25) is 5.91 Å². The van der Waals surface area contributed by atoms with Gasteiger partial charge in [-0.15, -0.1) is 0 Å². The molecular weight excluding hydrogens is 360 g/mol. The zero-order valence-corrected chi connectivity index (χ0v) is 15.2. The lowest BCUT2D eigenvalue weighted by atomic mass is 10.0. The van der Waals surface area contributed by atoms with E-state index in [-0.39, 0.29) is 11.2 Å². The summed E-state index contributed by atoms with van der Waals surface area (Å²) >= 11 is 4.90. The Hall–Kier alpha value is -1.33. The minimum absolute atomic E-state index is 0.0179. The first-order valence-electron chi connectivity index (χ1n) is 7.16. The van der Waals surface area contributed by atoms with Crippen LogP contribution in [-0.2, 0) is 4.79 Å². The molecule has 1 amide bonds. The molecule has 2 aromatic rings. The molecule has 116 valence electrons. The van der Waals surface area contributed by atoms with E-state index in [1.54, 1.807) is 6.20 Å². The number of amides is 1. The molecule has 0 radical (unpaired) electrons. The van der Waals surface area contributed by atoms with Crippen molar-refractivity contribution in [3.8, 4) is 0 Å². The Morgan fingerprint density at radius 2 is 1.91 bits per heavy atom. The van der Waals surface area contributed by atoms with Crippen molar-refractivity contribution >= 4 is 39.3 Å². The first-order chi connectivity index (χ1) is 10.5. The topological polar surface area (TPSA) is 42.0 Å². The summed E-state index contributed by atoms with van der Waals surface area (Å²) in [5, 5.41) is 3.62. The molecule has 0 spiro atoms. The van der Waals surface area contributed by atoms with Crippen molar-refractivity contribution in [2.24, 2.45) is 0 Å². The van der Waals surface area contributed by atoms with Crippen molar-refractivity contribution in [3.05, 3.63) is 52.6 Å². The van der Waals surface area contributed by atoms with Crippen LogP contribution in [-0.4, -0.2) is 16.1 Å². The van der Waals surface area contributed by atoms with E-state index in [1.165, 1.54) is 11.8 Å². The number of aromatic nitrogens is 1. The van der Waals surface area contributed by atoms with Crippen LogP contribution in [0.3, 0.4) is 0 Å². The van der Waals surface area contributed by atoms with Gasteiger partial charge in [0.05, 0.1) is 5.25 Å². The Bertz CT molecular complexity index is 661. The van der Waals surface area contributed by atoms with E-state index in [9.17, 15) is 4.79 Å². The molecule has 0 saturated heterocycles. The average Bonchev–Trinajstić information content (AvgIpc) is 2.49. The van der Waals surface area contributed by atoms with Crippen LogP contribution in [0.1, 0.15) is 32.3 Å². The zero-order chi connectivity index (χ0) is 16.1. The fraction of sp³-hybridized carbons (Fsp3) is 0.294. The summed E-state index contributed by atoms with van der Waals surface area (Å²) in [6.45, 7) is 6.13. The predicted octanol–water partition coefficient (Wildman–Crippen LogP) is 5.09. The van der Waals surface area contributed by atoms with E-state index < -0.39 is 0 Å². The second-order valence-electron chi connectivity index (χ2n) is 5.28. The largest absolute Gasteiger partial charge is 0.325 e. The number of rotatable bonds is 5. The maximum atomic E-state index is 12.4. The molecule has 0 aliphatic heterocycles. The molecule has 0 fully saturated rings. The van der Waals surface area contributed by atoms with Gasteiger partial charge in [-0.05, 0) is 52.5 Å². The molecule has 5 heteroatoms. The van der Waals surface area contributed by atoms with Gasteiger partial charge in [-0.25, -0.2) is 4.98 Å². The van der Waals surface area contributed by atoms with Crippen molar-refractivity contribution in [3.63, 3.8) is 0 Å². The number of para-hydroxylation sites is 1. The van der Waals surface area contributed by atoms with Crippen LogP contribution in [0.5, 0.6) is 0 Å². The van der Waals surface area contributed by atoms with Gasteiger partial charge >= 0.3 is 0 Å². The van der Waals surface area contributed by atoms with E-state index in [0.717, 1.165) is 20.7 Å². The number of hydrogen-bond acceptors (Lipinski definition) is 3. The summed E-state index contributed by atoms with van der Waals surface area (Å²) in [6, 6.07) is 11.7. The van der Waals surface area contributed by atoms with E-state index in [1.807, 2.05) is 43.3 Å². The molecule has 1 heterocycles. The van der Waals surface area contributed by atoms with Crippen molar-refractivity contribution in [2.45, 2.75) is 37.0 Å². The molecule has 22 heavy (non-hydrogen) atoms. The summed E-state index contributed by atoms with van der Waals surface area (Å²) in [7, 11) is 0. The van der Waals surface area contributed by atoms with Gasteiger partial charge in [-0.3, -0.25) is 4.79 Å². The van der Waals surface area contributed by atoms with Gasteiger partial charge in [0.15, 0.2) is 0 Å². The summed E-state index contributed by atoms with van der Waals surface area (Å²) in [6.07, 6.45) is 1.73. The number of nitrogens with zero attached hydrogens (tertiary/aromatic N) is 1. The van der Waals surface area contributed by atoms with Gasteiger partial charge in [0.25, 0.3) is 0 Å². The number of anilines is 1. The Balaban J connectivity index is 2.08. The Kier molecular flexibility index (Phi) is 6.03. The standard InChI is InChI=1S/C17H19BrN2OS/c1-11(2)13-7-4-5-9-15(13)20-16(21)12(3)22-17-14(18)8-6-10-19-17/h4-12H,1-3H3,(H,20,21). The second-order valence-corrected chi connectivity index (χ2v) is 7.47. The van der Waals surface area contributed by atoms with Crippen LogP contribution in [0.25, 0.3) is 0 Å². The summed E-state index contributed by atoms with van der Waals surface area (Å²) < 4.78 is 0.905. The third kappa shape index (κ3) is 4.34. The third-order valence-electron chi connectivity index (χ3n) is 3.22. The molecule has 2 rings (SSSR count). The quantitative estimate of drug-likeness (QED) is 0.736. The van der Waals surface area contributed by atoms with Crippen LogP contribution in [0.15, 0.2) is 52.1 Å². The van der Waals surface area contributed by atoms with E-state index >= 15 is 0 Å². The van der Waals surface area contributed by atoms with E-state index in [4.69, 9.17) is 0 Å². The minimum Gasteiger partial charge on any atom is -0.325 e. The Morgan fingerprint density at radius 1 is 1.18 bits per heavy atom. The SMILES string of the molecule is CC(Sc1ncccc1Br)C(=O)Nc1ccccc1C(C)C. The van der Waals surface area contributed by atoms with Gasteiger partial charge in [0, 0.05) is 16.4 Å². The smallest absolute Gasteiger partial charge is 0.237 e. The Labute approximate surface area is 144 Å². The highest BCUT2D eigenvalue weighted by Crippen LogP contribution is 2.29. The summed E-state index contributed by atoms with van der Waals surface area (Å²) in [4.78, 5) is 16.7. The number of halogens is 1. The molecule has 0 saturated carbocycles. The molecule has 1 aromatic carbocycles. The average molecular weight is 379 g/mol. The number of pyridine rings is 1. The number of nitrogens with one attached hydrogen (secondary N) is 1. The maximum Gasteiger partial charge on any atom is 0.237 e.